The average Bonchev–Trinajstić information content (AvgIpc) is 2.31. The first-order valence-corrected chi connectivity index (χ1v) is 5.67. The second-order valence-corrected chi connectivity index (χ2v) is 4.42. The van der Waals surface area contributed by atoms with Crippen molar-refractivity contribution in [2.75, 3.05) is 0 Å². The van der Waals surface area contributed by atoms with Gasteiger partial charge in [-0.1, -0.05) is 29.3 Å². The lowest BCUT2D eigenvalue weighted by Crippen LogP contribution is -2.18. The second-order valence-electron chi connectivity index (χ2n) is 3.61. The molecule has 0 unspecified atom stereocenters. The molecule has 2 rings (SSSR count). The van der Waals surface area contributed by atoms with Crippen molar-refractivity contribution in [1.29, 1.82) is 0 Å². The molecule has 3 nitrogen and oxygen atoms in total. The van der Waals surface area contributed by atoms with Crippen molar-refractivity contribution >= 4 is 23.2 Å². The van der Waals surface area contributed by atoms with Gasteiger partial charge in [-0.25, -0.2) is 4.98 Å². The van der Waals surface area contributed by atoms with E-state index in [2.05, 4.69) is 4.98 Å². The molecule has 1 N–H and O–H groups in total. The van der Waals surface area contributed by atoms with E-state index in [9.17, 15) is 18.0 Å². The lowest BCUT2D eigenvalue weighted by Gasteiger charge is -2.07. The Bertz CT molecular complexity index is 682. The molecule has 0 radical (unpaired) electrons. The van der Waals surface area contributed by atoms with Crippen LogP contribution in [0.1, 0.15) is 5.82 Å². The molecule has 0 aliphatic carbocycles. The topological polar surface area (TPSA) is 45.8 Å². The van der Waals surface area contributed by atoms with Crippen LogP contribution in [0.3, 0.4) is 0 Å². The SMILES string of the molecule is O=c1cc(-c2ccc(Cl)c(Cl)c2)nc(C(F)(F)F)[nH]1. The van der Waals surface area contributed by atoms with Gasteiger partial charge in [-0.15, -0.1) is 0 Å². The summed E-state index contributed by atoms with van der Waals surface area (Å²) in [4.78, 5) is 16.2. The molecule has 2 aromatic rings. The summed E-state index contributed by atoms with van der Waals surface area (Å²) in [7, 11) is 0. The molecule has 1 aromatic heterocycles. The zero-order valence-corrected chi connectivity index (χ0v) is 10.6. The smallest absolute Gasteiger partial charge is 0.303 e. The van der Waals surface area contributed by atoms with Gasteiger partial charge in [0.05, 0.1) is 15.7 Å². The predicted molar refractivity (Wildman–Crippen MR) is 65.3 cm³/mol. The minimum atomic E-state index is -4.73. The van der Waals surface area contributed by atoms with Crippen LogP contribution < -0.4 is 5.56 Å². The van der Waals surface area contributed by atoms with Gasteiger partial charge in [0.1, 0.15) is 0 Å². The minimum Gasteiger partial charge on any atom is -0.303 e. The Morgan fingerprint density at radius 1 is 1.11 bits per heavy atom. The maximum atomic E-state index is 12.5. The van der Waals surface area contributed by atoms with E-state index >= 15 is 0 Å². The molecule has 0 amide bonds. The van der Waals surface area contributed by atoms with Crippen LogP contribution in [0.5, 0.6) is 0 Å². The molecule has 100 valence electrons. The fourth-order valence-electron chi connectivity index (χ4n) is 1.40. The maximum Gasteiger partial charge on any atom is 0.449 e. The molecule has 19 heavy (non-hydrogen) atoms. The highest BCUT2D eigenvalue weighted by Gasteiger charge is 2.34. The molecular formula is C11H5Cl2F3N2O. The van der Waals surface area contributed by atoms with Gasteiger partial charge in [-0.2, -0.15) is 13.2 Å². The third-order valence-electron chi connectivity index (χ3n) is 2.23. The number of halogens is 5. The molecule has 0 saturated heterocycles. The Morgan fingerprint density at radius 2 is 1.79 bits per heavy atom. The molecule has 0 saturated carbocycles. The standard InChI is InChI=1S/C11H5Cl2F3N2O/c12-6-2-1-5(3-7(6)13)8-4-9(19)18-10(17-8)11(14,15)16/h1-4H,(H,17,18,19). The summed E-state index contributed by atoms with van der Waals surface area (Å²) < 4.78 is 37.6. The van der Waals surface area contributed by atoms with Crippen molar-refractivity contribution in [3.63, 3.8) is 0 Å². The molecule has 0 spiro atoms. The van der Waals surface area contributed by atoms with Crippen LogP contribution >= 0.6 is 23.2 Å². The van der Waals surface area contributed by atoms with E-state index in [1.165, 1.54) is 18.2 Å². The molecule has 8 heteroatoms. The van der Waals surface area contributed by atoms with E-state index in [0.717, 1.165) is 6.07 Å². The molecule has 0 atom stereocenters. The third-order valence-corrected chi connectivity index (χ3v) is 2.96. The summed E-state index contributed by atoms with van der Waals surface area (Å²) >= 11 is 11.5. The van der Waals surface area contributed by atoms with E-state index < -0.39 is 17.6 Å². The van der Waals surface area contributed by atoms with Gasteiger partial charge in [-0.3, -0.25) is 4.79 Å². The van der Waals surface area contributed by atoms with Crippen LogP contribution in [-0.4, -0.2) is 9.97 Å². The van der Waals surface area contributed by atoms with Crippen molar-refractivity contribution in [2.24, 2.45) is 0 Å². The summed E-state index contributed by atoms with van der Waals surface area (Å²) in [5.41, 5.74) is -0.760. The van der Waals surface area contributed by atoms with Gasteiger partial charge in [0.15, 0.2) is 0 Å². The van der Waals surface area contributed by atoms with Crippen molar-refractivity contribution < 1.29 is 13.2 Å². The first-order chi connectivity index (χ1) is 8.77. The summed E-state index contributed by atoms with van der Waals surface area (Å²) in [6.07, 6.45) is -4.73. The molecule has 0 fully saturated rings. The molecule has 0 aliphatic heterocycles. The molecule has 0 bridgehead atoms. The van der Waals surface area contributed by atoms with Crippen LogP contribution in [0.15, 0.2) is 29.1 Å². The number of rotatable bonds is 1. The highest BCUT2D eigenvalue weighted by molar-refractivity contribution is 6.42. The summed E-state index contributed by atoms with van der Waals surface area (Å²) in [6.45, 7) is 0. The number of H-pyrrole nitrogens is 1. The van der Waals surface area contributed by atoms with E-state index in [1.54, 1.807) is 4.98 Å². The fraction of sp³-hybridized carbons (Fsp3) is 0.0909. The van der Waals surface area contributed by atoms with E-state index in [0.29, 0.717) is 0 Å². The first-order valence-electron chi connectivity index (χ1n) is 4.91. The van der Waals surface area contributed by atoms with E-state index in [-0.39, 0.29) is 21.3 Å². The molecule has 1 aromatic carbocycles. The predicted octanol–water partition coefficient (Wildman–Crippen LogP) is 3.76. The highest BCUT2D eigenvalue weighted by atomic mass is 35.5. The maximum absolute atomic E-state index is 12.5. The Hall–Kier alpha value is -1.53. The number of hydrogen-bond donors (Lipinski definition) is 1. The molecular weight excluding hydrogens is 304 g/mol. The second kappa shape index (κ2) is 4.86. The van der Waals surface area contributed by atoms with Crippen LogP contribution in [0, 0.1) is 0 Å². The number of benzene rings is 1. The number of aromatic nitrogens is 2. The number of hydrogen-bond acceptors (Lipinski definition) is 2. The lowest BCUT2D eigenvalue weighted by molar-refractivity contribution is -0.145. The van der Waals surface area contributed by atoms with Gasteiger partial charge in [-0.05, 0) is 12.1 Å². The third kappa shape index (κ3) is 3.08. The van der Waals surface area contributed by atoms with Crippen molar-refractivity contribution in [2.45, 2.75) is 6.18 Å². The van der Waals surface area contributed by atoms with Gasteiger partial charge >= 0.3 is 6.18 Å². The van der Waals surface area contributed by atoms with E-state index in [1.807, 2.05) is 0 Å². The monoisotopic (exact) mass is 308 g/mol. The number of aromatic amines is 1. The van der Waals surface area contributed by atoms with Crippen LogP contribution in [-0.2, 0) is 6.18 Å². The quantitative estimate of drug-likeness (QED) is 0.871. The molecule has 0 aliphatic rings. The summed E-state index contributed by atoms with van der Waals surface area (Å²) in [5, 5.41) is 0.418. The Kier molecular flexibility index (Phi) is 3.56. The lowest BCUT2D eigenvalue weighted by atomic mass is 10.1. The zero-order chi connectivity index (χ0) is 14.2. The Balaban J connectivity index is 2.59. The minimum absolute atomic E-state index is 0.130. The van der Waals surface area contributed by atoms with Crippen molar-refractivity contribution in [3.8, 4) is 11.3 Å². The van der Waals surface area contributed by atoms with Gasteiger partial charge in [0.25, 0.3) is 5.56 Å². The number of nitrogens with zero attached hydrogens (tertiary/aromatic N) is 1. The summed E-state index contributed by atoms with van der Waals surface area (Å²) in [5.74, 6) is -1.36. The van der Waals surface area contributed by atoms with Crippen LogP contribution in [0.4, 0.5) is 13.2 Å². The van der Waals surface area contributed by atoms with Crippen LogP contribution in [0.25, 0.3) is 11.3 Å². The Labute approximate surface area is 115 Å². The number of nitrogens with one attached hydrogen (secondary N) is 1. The highest BCUT2D eigenvalue weighted by Crippen LogP contribution is 2.29. The van der Waals surface area contributed by atoms with Crippen LogP contribution in [0.2, 0.25) is 10.0 Å². The van der Waals surface area contributed by atoms with Gasteiger partial charge in [0, 0.05) is 11.6 Å². The van der Waals surface area contributed by atoms with Crippen molar-refractivity contribution in [3.05, 3.63) is 50.5 Å². The van der Waals surface area contributed by atoms with Gasteiger partial charge in [0.2, 0.25) is 5.82 Å². The first kappa shape index (κ1) is 13.9. The number of alkyl halides is 3. The van der Waals surface area contributed by atoms with E-state index in [4.69, 9.17) is 23.2 Å². The summed E-state index contributed by atoms with van der Waals surface area (Å²) in [6, 6.07) is 5.13. The van der Waals surface area contributed by atoms with Gasteiger partial charge < -0.3 is 4.98 Å². The normalized spacial score (nSPS) is 11.6. The zero-order valence-electron chi connectivity index (χ0n) is 9.05. The largest absolute Gasteiger partial charge is 0.449 e. The van der Waals surface area contributed by atoms with Crippen molar-refractivity contribution in [1.82, 2.24) is 9.97 Å². The Morgan fingerprint density at radius 3 is 2.37 bits per heavy atom. The fourth-order valence-corrected chi connectivity index (χ4v) is 1.69. The average molecular weight is 309 g/mol. The molecule has 1 heterocycles.